The number of pyridine rings is 1. The minimum Gasteiger partial charge on any atom is -0.345 e. The molecule has 3 rings (SSSR count). The molecule has 0 bridgehead atoms. The topological polar surface area (TPSA) is 45.2 Å². The van der Waals surface area contributed by atoms with E-state index in [1.807, 2.05) is 12.1 Å². The van der Waals surface area contributed by atoms with Crippen molar-refractivity contribution in [1.82, 2.24) is 15.2 Å². The minimum atomic E-state index is -0.131. The van der Waals surface area contributed by atoms with Crippen LogP contribution in [0.2, 0.25) is 0 Å². The lowest BCUT2D eigenvalue weighted by atomic mass is 9.94. The Morgan fingerprint density at radius 3 is 2.50 bits per heavy atom. The lowest BCUT2D eigenvalue weighted by Crippen LogP contribution is -2.31. The molecular weight excluding hydrogens is 346 g/mol. The first-order chi connectivity index (χ1) is 13.6. The van der Waals surface area contributed by atoms with E-state index >= 15 is 0 Å². The third kappa shape index (κ3) is 5.90. The maximum absolute atomic E-state index is 12.8. The average molecular weight is 380 g/mol. The molecule has 1 aliphatic heterocycles. The number of aromatic nitrogens is 1. The van der Waals surface area contributed by atoms with Crippen LogP contribution in [0.3, 0.4) is 0 Å². The first-order valence-electron chi connectivity index (χ1n) is 10.6. The van der Waals surface area contributed by atoms with E-state index in [2.05, 4.69) is 47.2 Å². The highest BCUT2D eigenvalue weighted by molar-refractivity contribution is 5.77. The summed E-state index contributed by atoms with van der Waals surface area (Å²) in [5, 5.41) is 3.28. The molecule has 2 aromatic rings. The van der Waals surface area contributed by atoms with Gasteiger partial charge in [0.25, 0.3) is 0 Å². The van der Waals surface area contributed by atoms with Gasteiger partial charge in [-0.1, -0.05) is 36.6 Å². The third-order valence-electron chi connectivity index (χ3n) is 5.67. The molecule has 150 valence electrons. The van der Waals surface area contributed by atoms with E-state index in [9.17, 15) is 4.79 Å². The van der Waals surface area contributed by atoms with E-state index in [-0.39, 0.29) is 11.9 Å². The number of amides is 1. The zero-order chi connectivity index (χ0) is 19.8. The highest BCUT2D eigenvalue weighted by Crippen LogP contribution is 2.26. The smallest absolute Gasteiger partial charge is 0.220 e. The Labute approximate surface area is 169 Å². The fourth-order valence-corrected chi connectivity index (χ4v) is 4.02. The monoisotopic (exact) mass is 379 g/mol. The van der Waals surface area contributed by atoms with Crippen molar-refractivity contribution in [3.63, 3.8) is 0 Å². The van der Waals surface area contributed by atoms with Gasteiger partial charge in [0.2, 0.25) is 5.91 Å². The maximum atomic E-state index is 12.8. The summed E-state index contributed by atoms with van der Waals surface area (Å²) in [5.41, 5.74) is 4.63. The second-order valence-corrected chi connectivity index (χ2v) is 8.00. The van der Waals surface area contributed by atoms with Crippen LogP contribution < -0.4 is 5.32 Å². The van der Waals surface area contributed by atoms with Gasteiger partial charge in [0.15, 0.2) is 0 Å². The van der Waals surface area contributed by atoms with Crippen molar-refractivity contribution in [3.05, 3.63) is 65.0 Å². The molecule has 0 saturated carbocycles. The number of nitrogens with zero attached hydrogens (tertiary/aromatic N) is 2. The lowest BCUT2D eigenvalue weighted by Gasteiger charge is -2.23. The predicted octanol–water partition coefficient (Wildman–Crippen LogP) is 4.56. The van der Waals surface area contributed by atoms with Crippen LogP contribution >= 0.6 is 0 Å². The molecule has 1 saturated heterocycles. The van der Waals surface area contributed by atoms with E-state index in [4.69, 9.17) is 0 Å². The van der Waals surface area contributed by atoms with Crippen molar-refractivity contribution in [2.75, 3.05) is 19.6 Å². The second-order valence-electron chi connectivity index (χ2n) is 8.00. The number of rotatable bonds is 7. The molecule has 1 atom stereocenters. The van der Waals surface area contributed by atoms with Gasteiger partial charge in [0, 0.05) is 18.8 Å². The van der Waals surface area contributed by atoms with Gasteiger partial charge < -0.3 is 10.2 Å². The molecule has 1 amide bonds. The van der Waals surface area contributed by atoms with Gasteiger partial charge in [0.05, 0.1) is 6.04 Å². The second kappa shape index (κ2) is 10.4. The van der Waals surface area contributed by atoms with Gasteiger partial charge in [-0.15, -0.1) is 0 Å². The van der Waals surface area contributed by atoms with Gasteiger partial charge in [-0.3, -0.25) is 9.78 Å². The van der Waals surface area contributed by atoms with Gasteiger partial charge in [-0.25, -0.2) is 0 Å². The van der Waals surface area contributed by atoms with Crippen LogP contribution in [0.5, 0.6) is 0 Å². The van der Waals surface area contributed by atoms with E-state index in [1.165, 1.54) is 49.9 Å². The van der Waals surface area contributed by atoms with E-state index in [0.717, 1.165) is 24.1 Å². The van der Waals surface area contributed by atoms with Gasteiger partial charge >= 0.3 is 0 Å². The zero-order valence-corrected chi connectivity index (χ0v) is 17.3. The number of benzene rings is 1. The number of carbonyl (C=O) groups is 1. The van der Waals surface area contributed by atoms with Crippen molar-refractivity contribution >= 4 is 5.91 Å². The van der Waals surface area contributed by atoms with Crippen LogP contribution in [-0.4, -0.2) is 35.4 Å². The number of hydrogen-bond donors (Lipinski definition) is 1. The fraction of sp³-hybridized carbons (Fsp3) is 0.500. The quantitative estimate of drug-likeness (QED) is 0.767. The maximum Gasteiger partial charge on any atom is 0.220 e. The zero-order valence-electron chi connectivity index (χ0n) is 17.3. The molecule has 0 radical (unpaired) electrons. The Balaban J connectivity index is 1.64. The molecule has 0 spiro atoms. The molecule has 1 aromatic carbocycles. The van der Waals surface area contributed by atoms with Crippen LogP contribution in [-0.2, 0) is 4.79 Å². The number of aryl methyl sites for hydroxylation is 2. The SMILES string of the molecule is Cc1ccc(C)c([C@@H](NC(=O)CCCN2CCCCCC2)c2ccncc2)c1. The first kappa shape index (κ1) is 20.5. The van der Waals surface area contributed by atoms with Crippen LogP contribution in [0.25, 0.3) is 0 Å². The third-order valence-corrected chi connectivity index (χ3v) is 5.67. The van der Waals surface area contributed by atoms with Crippen molar-refractivity contribution < 1.29 is 4.79 Å². The summed E-state index contributed by atoms with van der Waals surface area (Å²) in [4.78, 5) is 19.4. The molecule has 1 fully saturated rings. The van der Waals surface area contributed by atoms with Crippen molar-refractivity contribution in [2.45, 2.75) is 58.4 Å². The summed E-state index contributed by atoms with van der Waals surface area (Å²) in [6.07, 6.45) is 10.4. The molecule has 4 nitrogen and oxygen atoms in total. The van der Waals surface area contributed by atoms with Crippen LogP contribution in [0.4, 0.5) is 0 Å². The van der Waals surface area contributed by atoms with Crippen LogP contribution in [0.15, 0.2) is 42.7 Å². The summed E-state index contributed by atoms with van der Waals surface area (Å²) in [5.74, 6) is 0.123. The summed E-state index contributed by atoms with van der Waals surface area (Å²) < 4.78 is 0. The average Bonchev–Trinajstić information content (AvgIpc) is 2.98. The van der Waals surface area contributed by atoms with Crippen LogP contribution in [0.1, 0.15) is 66.8 Å². The normalized spacial score (nSPS) is 16.4. The molecule has 4 heteroatoms. The Hall–Kier alpha value is -2.20. The molecule has 1 aliphatic rings. The highest BCUT2D eigenvalue weighted by Gasteiger charge is 2.19. The Morgan fingerprint density at radius 1 is 1.07 bits per heavy atom. The first-order valence-corrected chi connectivity index (χ1v) is 10.6. The van der Waals surface area contributed by atoms with E-state index in [0.29, 0.717) is 6.42 Å². The number of likely N-dealkylation sites (tertiary alicyclic amines) is 1. The predicted molar refractivity (Wildman–Crippen MR) is 114 cm³/mol. The van der Waals surface area contributed by atoms with Crippen LogP contribution in [0, 0.1) is 13.8 Å². The Morgan fingerprint density at radius 2 is 1.79 bits per heavy atom. The molecule has 2 heterocycles. The molecule has 1 aromatic heterocycles. The minimum absolute atomic E-state index is 0.123. The molecule has 0 unspecified atom stereocenters. The summed E-state index contributed by atoms with van der Waals surface area (Å²) >= 11 is 0. The number of carbonyl (C=O) groups excluding carboxylic acids is 1. The fourth-order valence-electron chi connectivity index (χ4n) is 4.02. The molecule has 28 heavy (non-hydrogen) atoms. The largest absolute Gasteiger partial charge is 0.345 e. The van der Waals surface area contributed by atoms with Crippen molar-refractivity contribution in [3.8, 4) is 0 Å². The molecule has 1 N–H and O–H groups in total. The number of hydrogen-bond acceptors (Lipinski definition) is 3. The Bertz CT molecular complexity index is 752. The van der Waals surface area contributed by atoms with E-state index < -0.39 is 0 Å². The van der Waals surface area contributed by atoms with Gasteiger partial charge in [0.1, 0.15) is 0 Å². The Kier molecular flexibility index (Phi) is 7.61. The van der Waals surface area contributed by atoms with Crippen molar-refractivity contribution in [1.29, 1.82) is 0 Å². The van der Waals surface area contributed by atoms with Gasteiger partial charge in [-0.2, -0.15) is 0 Å². The van der Waals surface area contributed by atoms with Gasteiger partial charge in [-0.05, 0) is 81.6 Å². The highest BCUT2D eigenvalue weighted by atomic mass is 16.1. The summed E-state index contributed by atoms with van der Waals surface area (Å²) in [6, 6.07) is 10.3. The van der Waals surface area contributed by atoms with E-state index in [1.54, 1.807) is 12.4 Å². The molecule has 0 aliphatic carbocycles. The van der Waals surface area contributed by atoms with Crippen molar-refractivity contribution in [2.24, 2.45) is 0 Å². The number of nitrogens with one attached hydrogen (secondary N) is 1. The lowest BCUT2D eigenvalue weighted by molar-refractivity contribution is -0.121. The summed E-state index contributed by atoms with van der Waals surface area (Å²) in [6.45, 7) is 7.59. The standard InChI is InChI=1S/C24H33N3O/c1-19-9-10-20(2)22(18-19)24(21-11-13-25-14-12-21)26-23(28)8-7-17-27-15-5-3-4-6-16-27/h9-14,18,24H,3-8,15-17H2,1-2H3,(H,26,28)/t24-/m0/s1. The molecular formula is C24H33N3O. The summed E-state index contributed by atoms with van der Waals surface area (Å²) in [7, 11) is 0.